The number of quaternary nitrogens is 1. The van der Waals surface area contributed by atoms with E-state index in [9.17, 15) is 29.4 Å². The van der Waals surface area contributed by atoms with Gasteiger partial charge in [0.25, 0.3) is 5.91 Å². The van der Waals surface area contributed by atoms with Gasteiger partial charge in [-0.3, -0.25) is 19.2 Å². The topological polar surface area (TPSA) is 253 Å². The number of primary amides is 1. The molecule has 1 aliphatic carbocycles. The summed E-state index contributed by atoms with van der Waals surface area (Å²) in [6.45, 7) is 0.606. The maximum Gasteiger partial charge on any atom is 0.303 e. The Kier molecular flexibility index (Phi) is 10.7. The Balaban J connectivity index is 1.51. The lowest BCUT2D eigenvalue weighted by atomic mass is 9.68. The Bertz CT molecular complexity index is 1270. The summed E-state index contributed by atoms with van der Waals surface area (Å²) in [6.07, 6.45) is 3.64. The molecular formula is C29H43N8O6+. The number of amides is 3. The number of carboxylic acid groups (broad SMARTS) is 1. The number of fused-ring (bicyclic) bond motifs is 1. The van der Waals surface area contributed by atoms with Gasteiger partial charge in [-0.05, 0) is 55.6 Å². The van der Waals surface area contributed by atoms with Gasteiger partial charge >= 0.3 is 5.97 Å². The second kappa shape index (κ2) is 14.4. The predicted octanol–water partition coefficient (Wildman–Crippen LogP) is -1.21. The molecule has 0 radical (unpaired) electrons. The minimum Gasteiger partial charge on any atom is -0.481 e. The maximum absolute atomic E-state index is 13.8. The fraction of sp³-hybridized carbons (Fsp3) is 0.552. The van der Waals surface area contributed by atoms with Crippen LogP contribution in [0.15, 0.2) is 36.8 Å². The summed E-state index contributed by atoms with van der Waals surface area (Å²) in [6, 6.07) is 5.73. The molecule has 2 aliphatic rings. The number of carbonyl (C=O) groups excluding carboxylic acids is 3. The number of carboxylic acids is 1. The number of aliphatic hydroxyl groups excluding tert-OH is 1. The van der Waals surface area contributed by atoms with E-state index in [-0.39, 0.29) is 49.8 Å². The number of nitrogens with one attached hydrogen (secondary N) is 4. The smallest absolute Gasteiger partial charge is 0.303 e. The Morgan fingerprint density at radius 2 is 1.91 bits per heavy atom. The summed E-state index contributed by atoms with van der Waals surface area (Å²) >= 11 is 0. The van der Waals surface area contributed by atoms with Gasteiger partial charge < -0.3 is 48.3 Å². The Morgan fingerprint density at radius 1 is 1.14 bits per heavy atom. The van der Waals surface area contributed by atoms with E-state index in [4.69, 9.17) is 11.5 Å². The van der Waals surface area contributed by atoms with Crippen LogP contribution in [-0.4, -0.2) is 74.8 Å². The van der Waals surface area contributed by atoms with E-state index in [0.29, 0.717) is 19.4 Å². The number of hydrogen-bond acceptors (Lipinski definition) is 8. The second-order valence-corrected chi connectivity index (χ2v) is 11.8. The SMILES string of the molecule is NC(=O)C(CC1CNc2ccccc21)NC(=O)C1CC(Cc2cnc[nH]2)C(NC(=O)C([NH3+])CCC(N)O)CC1CC(=O)O. The zero-order chi connectivity index (χ0) is 31.1. The minimum absolute atomic E-state index is 0.0288. The number of nitrogens with two attached hydrogens (primary N) is 2. The lowest BCUT2D eigenvalue weighted by molar-refractivity contribution is -0.405. The highest BCUT2D eigenvalue weighted by Gasteiger charge is 2.43. The van der Waals surface area contributed by atoms with Crippen LogP contribution in [0.5, 0.6) is 0 Å². The molecule has 3 amide bonds. The number of hydrogen-bond donors (Lipinski definition) is 9. The van der Waals surface area contributed by atoms with Gasteiger partial charge in [0.15, 0.2) is 6.04 Å². The van der Waals surface area contributed by atoms with Crippen molar-refractivity contribution in [2.45, 2.75) is 75.2 Å². The highest BCUT2D eigenvalue weighted by atomic mass is 16.4. The molecule has 4 rings (SSSR count). The molecule has 2 heterocycles. The largest absolute Gasteiger partial charge is 0.481 e. The van der Waals surface area contributed by atoms with Crippen molar-refractivity contribution < 1.29 is 35.1 Å². The summed E-state index contributed by atoms with van der Waals surface area (Å²) in [5, 5.41) is 28.3. The molecule has 8 unspecified atom stereocenters. The molecule has 8 atom stereocenters. The molecule has 2 aromatic rings. The van der Waals surface area contributed by atoms with Gasteiger partial charge in [-0.15, -0.1) is 0 Å². The van der Waals surface area contributed by atoms with Crippen molar-refractivity contribution in [3.8, 4) is 0 Å². The molecule has 0 spiro atoms. The van der Waals surface area contributed by atoms with Crippen molar-refractivity contribution in [2.24, 2.45) is 29.2 Å². The van der Waals surface area contributed by atoms with E-state index < -0.39 is 54.0 Å². The first-order chi connectivity index (χ1) is 20.5. The number of aromatic amines is 1. The number of aliphatic hydroxyl groups is 1. The van der Waals surface area contributed by atoms with Crippen molar-refractivity contribution in [1.82, 2.24) is 20.6 Å². The molecule has 43 heavy (non-hydrogen) atoms. The van der Waals surface area contributed by atoms with Gasteiger partial charge in [0.1, 0.15) is 12.3 Å². The number of anilines is 1. The van der Waals surface area contributed by atoms with E-state index in [0.717, 1.165) is 16.9 Å². The fourth-order valence-electron chi connectivity index (χ4n) is 6.40. The third kappa shape index (κ3) is 8.52. The van der Waals surface area contributed by atoms with Crippen molar-refractivity contribution >= 4 is 29.4 Å². The molecule has 1 aromatic heterocycles. The van der Waals surface area contributed by atoms with Gasteiger partial charge in [0, 0.05) is 54.8 Å². The Labute approximate surface area is 249 Å². The number of aromatic nitrogens is 2. The molecule has 14 nitrogen and oxygen atoms in total. The van der Waals surface area contributed by atoms with E-state index in [1.54, 1.807) is 12.5 Å². The highest BCUT2D eigenvalue weighted by Crippen LogP contribution is 2.39. The summed E-state index contributed by atoms with van der Waals surface area (Å²) in [4.78, 5) is 58.3. The number of para-hydroxylation sites is 1. The van der Waals surface area contributed by atoms with Crippen molar-refractivity contribution in [2.75, 3.05) is 11.9 Å². The van der Waals surface area contributed by atoms with E-state index in [2.05, 4.69) is 31.7 Å². The molecule has 234 valence electrons. The first kappa shape index (κ1) is 31.9. The van der Waals surface area contributed by atoms with E-state index in [1.807, 2.05) is 24.3 Å². The number of rotatable bonds is 14. The zero-order valence-electron chi connectivity index (χ0n) is 24.1. The number of aliphatic carboxylic acids is 1. The van der Waals surface area contributed by atoms with Crippen LogP contribution in [0.25, 0.3) is 0 Å². The Hall–Kier alpha value is -4.01. The van der Waals surface area contributed by atoms with Crippen LogP contribution in [0.1, 0.15) is 55.7 Å². The lowest BCUT2D eigenvalue weighted by Crippen LogP contribution is -2.69. The lowest BCUT2D eigenvalue weighted by Gasteiger charge is -2.41. The maximum atomic E-state index is 13.8. The normalized spacial score (nSPS) is 25.0. The van der Waals surface area contributed by atoms with Crippen LogP contribution in [0.2, 0.25) is 0 Å². The number of nitrogens with zero attached hydrogens (tertiary/aromatic N) is 1. The summed E-state index contributed by atoms with van der Waals surface area (Å²) in [7, 11) is 0. The van der Waals surface area contributed by atoms with Gasteiger partial charge in [-0.1, -0.05) is 18.2 Å². The van der Waals surface area contributed by atoms with Crippen molar-refractivity contribution in [3.63, 3.8) is 0 Å². The van der Waals surface area contributed by atoms with Crippen LogP contribution in [0.3, 0.4) is 0 Å². The number of benzene rings is 1. The average Bonchev–Trinajstić information content (AvgIpc) is 3.62. The third-order valence-corrected chi connectivity index (χ3v) is 8.69. The van der Waals surface area contributed by atoms with Crippen molar-refractivity contribution in [1.29, 1.82) is 0 Å². The predicted molar refractivity (Wildman–Crippen MR) is 156 cm³/mol. The quantitative estimate of drug-likeness (QED) is 0.118. The molecular weight excluding hydrogens is 556 g/mol. The fourth-order valence-corrected chi connectivity index (χ4v) is 6.40. The van der Waals surface area contributed by atoms with Crippen LogP contribution in [-0.2, 0) is 25.6 Å². The first-order valence-corrected chi connectivity index (χ1v) is 14.7. The van der Waals surface area contributed by atoms with Gasteiger partial charge in [0.2, 0.25) is 11.8 Å². The van der Waals surface area contributed by atoms with E-state index in [1.165, 1.54) is 0 Å². The average molecular weight is 600 g/mol. The number of carbonyl (C=O) groups is 4. The summed E-state index contributed by atoms with van der Waals surface area (Å²) in [5.74, 6) is -4.08. The molecule has 0 saturated heterocycles. The van der Waals surface area contributed by atoms with Crippen LogP contribution < -0.4 is 33.2 Å². The zero-order valence-corrected chi connectivity index (χ0v) is 24.1. The standard InChI is InChI=1S/C29H42N8O6/c30-21(5-6-25(31)38)29(43)36-23-9-15(11-26(39)40)20(8-16(23)7-18-13-33-14-35-18)28(42)37-24(27(32)41)10-17-12-34-22-4-2-1-3-19(17)22/h1-4,13-17,20-21,23-25,34,38H,5-12,30-31H2,(H2,32,41)(H,33,35)(H,36,43)(H,37,42)(H,39,40)/p+1. The Morgan fingerprint density at radius 3 is 2.58 bits per heavy atom. The molecule has 1 saturated carbocycles. The molecule has 1 fully saturated rings. The number of H-pyrrole nitrogens is 1. The van der Waals surface area contributed by atoms with Crippen molar-refractivity contribution in [3.05, 3.63) is 48.0 Å². The van der Waals surface area contributed by atoms with Gasteiger partial charge in [0.05, 0.1) is 6.33 Å². The van der Waals surface area contributed by atoms with Crippen LogP contribution >= 0.6 is 0 Å². The molecule has 0 bridgehead atoms. The van der Waals surface area contributed by atoms with Gasteiger partial charge in [-0.2, -0.15) is 0 Å². The molecule has 1 aromatic carbocycles. The highest BCUT2D eigenvalue weighted by molar-refractivity contribution is 5.88. The van der Waals surface area contributed by atoms with Crippen LogP contribution in [0.4, 0.5) is 5.69 Å². The molecule has 13 N–H and O–H groups in total. The minimum atomic E-state index is -1.06. The molecule has 14 heteroatoms. The summed E-state index contributed by atoms with van der Waals surface area (Å²) in [5.41, 5.74) is 17.9. The molecule has 1 aliphatic heterocycles. The monoisotopic (exact) mass is 599 g/mol. The third-order valence-electron chi connectivity index (χ3n) is 8.69. The second-order valence-electron chi connectivity index (χ2n) is 11.8. The van der Waals surface area contributed by atoms with E-state index >= 15 is 0 Å². The van der Waals surface area contributed by atoms with Gasteiger partial charge in [-0.25, -0.2) is 4.98 Å². The first-order valence-electron chi connectivity index (χ1n) is 14.7. The van der Waals surface area contributed by atoms with Crippen LogP contribution in [0, 0.1) is 17.8 Å². The summed E-state index contributed by atoms with van der Waals surface area (Å²) < 4.78 is 0. The number of imidazole rings is 1.